The van der Waals surface area contributed by atoms with E-state index in [0.717, 1.165) is 5.56 Å². The SMILES string of the molecule is COc1cc([N+](=O)[O-])ccc1NC(=O)CCc1ccc(C)cc1. The Morgan fingerprint density at radius 2 is 1.91 bits per heavy atom. The van der Waals surface area contributed by atoms with Gasteiger partial charge in [0.1, 0.15) is 5.75 Å². The van der Waals surface area contributed by atoms with Crippen LogP contribution in [-0.4, -0.2) is 17.9 Å². The lowest BCUT2D eigenvalue weighted by Crippen LogP contribution is -2.13. The highest BCUT2D eigenvalue weighted by Gasteiger charge is 2.13. The van der Waals surface area contributed by atoms with Crippen LogP contribution >= 0.6 is 0 Å². The van der Waals surface area contributed by atoms with E-state index in [1.165, 1.54) is 30.9 Å². The summed E-state index contributed by atoms with van der Waals surface area (Å²) in [5.41, 5.74) is 2.60. The second-order valence-electron chi connectivity index (χ2n) is 5.18. The predicted octanol–water partition coefficient (Wildman–Crippen LogP) is 3.48. The molecule has 1 N–H and O–H groups in total. The fraction of sp³-hybridized carbons (Fsp3) is 0.235. The molecule has 0 unspecified atom stereocenters. The van der Waals surface area contributed by atoms with Gasteiger partial charge in [-0.2, -0.15) is 0 Å². The van der Waals surface area contributed by atoms with E-state index in [0.29, 0.717) is 18.5 Å². The summed E-state index contributed by atoms with van der Waals surface area (Å²) in [5, 5.41) is 13.5. The number of methoxy groups -OCH3 is 1. The van der Waals surface area contributed by atoms with E-state index in [9.17, 15) is 14.9 Å². The number of aryl methyl sites for hydroxylation is 2. The van der Waals surface area contributed by atoms with Gasteiger partial charge in [-0.1, -0.05) is 29.8 Å². The molecule has 0 aliphatic carbocycles. The standard InChI is InChI=1S/C17H18N2O4/c1-12-3-5-13(6-4-12)7-10-17(20)18-15-9-8-14(19(21)22)11-16(15)23-2/h3-6,8-9,11H,7,10H2,1-2H3,(H,18,20). The maximum atomic E-state index is 12.0. The van der Waals surface area contributed by atoms with Crippen molar-refractivity contribution in [2.45, 2.75) is 19.8 Å². The molecule has 0 saturated carbocycles. The Labute approximate surface area is 134 Å². The highest BCUT2D eigenvalue weighted by molar-refractivity contribution is 5.92. The van der Waals surface area contributed by atoms with Crippen molar-refractivity contribution in [3.63, 3.8) is 0 Å². The van der Waals surface area contributed by atoms with Crippen LogP contribution < -0.4 is 10.1 Å². The molecule has 23 heavy (non-hydrogen) atoms. The van der Waals surface area contributed by atoms with E-state index < -0.39 is 4.92 Å². The molecule has 6 nitrogen and oxygen atoms in total. The second kappa shape index (κ2) is 7.40. The van der Waals surface area contributed by atoms with Gasteiger partial charge in [-0.15, -0.1) is 0 Å². The van der Waals surface area contributed by atoms with Crippen molar-refractivity contribution in [1.29, 1.82) is 0 Å². The van der Waals surface area contributed by atoms with Gasteiger partial charge >= 0.3 is 0 Å². The summed E-state index contributed by atoms with van der Waals surface area (Å²) >= 11 is 0. The maximum Gasteiger partial charge on any atom is 0.273 e. The van der Waals surface area contributed by atoms with E-state index in [1.54, 1.807) is 0 Å². The highest BCUT2D eigenvalue weighted by Crippen LogP contribution is 2.29. The fourth-order valence-corrected chi connectivity index (χ4v) is 2.12. The summed E-state index contributed by atoms with van der Waals surface area (Å²) in [6.07, 6.45) is 0.949. The molecule has 0 saturated heterocycles. The first-order valence-corrected chi connectivity index (χ1v) is 7.17. The van der Waals surface area contributed by atoms with Gasteiger partial charge in [0.2, 0.25) is 5.91 Å². The largest absolute Gasteiger partial charge is 0.494 e. The zero-order valence-corrected chi connectivity index (χ0v) is 13.0. The monoisotopic (exact) mass is 314 g/mol. The molecule has 6 heteroatoms. The van der Waals surface area contributed by atoms with Crippen LogP contribution in [0.3, 0.4) is 0 Å². The van der Waals surface area contributed by atoms with E-state index >= 15 is 0 Å². The van der Waals surface area contributed by atoms with Crippen molar-refractivity contribution in [1.82, 2.24) is 0 Å². The normalized spacial score (nSPS) is 10.2. The van der Waals surface area contributed by atoms with Crippen molar-refractivity contribution >= 4 is 17.3 Å². The van der Waals surface area contributed by atoms with E-state index in [1.807, 2.05) is 31.2 Å². The van der Waals surface area contributed by atoms with Crippen molar-refractivity contribution in [2.75, 3.05) is 12.4 Å². The first kappa shape index (κ1) is 16.5. The van der Waals surface area contributed by atoms with Gasteiger partial charge in [0.05, 0.1) is 23.8 Å². The molecular formula is C17H18N2O4. The summed E-state index contributed by atoms with van der Waals surface area (Å²) < 4.78 is 5.09. The molecule has 0 aromatic heterocycles. The molecule has 2 rings (SSSR count). The summed E-state index contributed by atoms with van der Waals surface area (Å²) in [4.78, 5) is 22.3. The minimum atomic E-state index is -0.508. The van der Waals surface area contributed by atoms with Crippen molar-refractivity contribution in [2.24, 2.45) is 0 Å². The zero-order valence-electron chi connectivity index (χ0n) is 13.0. The molecule has 0 bridgehead atoms. The van der Waals surface area contributed by atoms with Gasteiger partial charge in [-0.05, 0) is 25.0 Å². The zero-order chi connectivity index (χ0) is 16.8. The molecule has 0 radical (unpaired) electrons. The number of nitro benzene ring substituents is 1. The number of rotatable bonds is 6. The smallest absolute Gasteiger partial charge is 0.273 e. The molecule has 2 aromatic rings. The molecule has 120 valence electrons. The van der Waals surface area contributed by atoms with Crippen LogP contribution in [-0.2, 0) is 11.2 Å². The van der Waals surface area contributed by atoms with Gasteiger partial charge in [-0.25, -0.2) is 0 Å². The molecule has 0 atom stereocenters. The quantitative estimate of drug-likeness (QED) is 0.653. The second-order valence-corrected chi connectivity index (χ2v) is 5.18. The molecule has 0 heterocycles. The third-order valence-electron chi connectivity index (χ3n) is 3.43. The predicted molar refractivity (Wildman–Crippen MR) is 87.8 cm³/mol. The van der Waals surface area contributed by atoms with E-state index in [4.69, 9.17) is 4.74 Å². The van der Waals surface area contributed by atoms with Gasteiger partial charge in [0.25, 0.3) is 5.69 Å². The van der Waals surface area contributed by atoms with Crippen LogP contribution in [0.4, 0.5) is 11.4 Å². The number of ether oxygens (including phenoxy) is 1. The number of hydrogen-bond donors (Lipinski definition) is 1. The number of hydrogen-bond acceptors (Lipinski definition) is 4. The van der Waals surface area contributed by atoms with E-state index in [-0.39, 0.29) is 17.3 Å². The average Bonchev–Trinajstić information content (AvgIpc) is 2.54. The summed E-state index contributed by atoms with van der Waals surface area (Å²) in [5.74, 6) is 0.0978. The third-order valence-corrected chi connectivity index (χ3v) is 3.43. The first-order valence-electron chi connectivity index (χ1n) is 7.17. The van der Waals surface area contributed by atoms with Gasteiger partial charge < -0.3 is 10.1 Å². The lowest BCUT2D eigenvalue weighted by atomic mass is 10.1. The number of anilines is 1. The van der Waals surface area contributed by atoms with Crippen molar-refractivity contribution < 1.29 is 14.5 Å². The van der Waals surface area contributed by atoms with Crippen LogP contribution in [0.25, 0.3) is 0 Å². The summed E-state index contributed by atoms with van der Waals surface area (Å²) in [7, 11) is 1.40. The fourth-order valence-electron chi connectivity index (χ4n) is 2.12. The minimum absolute atomic E-state index is 0.0838. The Hall–Kier alpha value is -2.89. The number of carbonyl (C=O) groups is 1. The van der Waals surface area contributed by atoms with Gasteiger partial charge in [-0.3, -0.25) is 14.9 Å². The van der Waals surface area contributed by atoms with Crippen LogP contribution in [0.2, 0.25) is 0 Å². The Balaban J connectivity index is 1.99. The lowest BCUT2D eigenvalue weighted by molar-refractivity contribution is -0.384. The molecule has 2 aromatic carbocycles. The number of nitrogens with zero attached hydrogens (tertiary/aromatic N) is 1. The summed E-state index contributed by atoms with van der Waals surface area (Å²) in [6, 6.07) is 12.1. The van der Waals surface area contributed by atoms with Crippen molar-refractivity contribution in [3.8, 4) is 5.75 Å². The van der Waals surface area contributed by atoms with Crippen LogP contribution in [0.15, 0.2) is 42.5 Å². The number of non-ortho nitro benzene ring substituents is 1. The molecule has 0 aliphatic heterocycles. The first-order chi connectivity index (χ1) is 11.0. The Morgan fingerprint density at radius 1 is 1.22 bits per heavy atom. The Kier molecular flexibility index (Phi) is 5.30. The molecule has 0 fully saturated rings. The number of nitrogens with one attached hydrogen (secondary N) is 1. The molecule has 0 aliphatic rings. The number of amides is 1. The van der Waals surface area contributed by atoms with E-state index in [2.05, 4.69) is 5.32 Å². The lowest BCUT2D eigenvalue weighted by Gasteiger charge is -2.10. The Bertz CT molecular complexity index is 711. The topological polar surface area (TPSA) is 81.5 Å². The van der Waals surface area contributed by atoms with Crippen LogP contribution in [0.1, 0.15) is 17.5 Å². The van der Waals surface area contributed by atoms with Crippen LogP contribution in [0.5, 0.6) is 5.75 Å². The highest BCUT2D eigenvalue weighted by atomic mass is 16.6. The third kappa shape index (κ3) is 4.54. The van der Waals surface area contributed by atoms with Crippen molar-refractivity contribution in [3.05, 3.63) is 63.7 Å². The minimum Gasteiger partial charge on any atom is -0.494 e. The van der Waals surface area contributed by atoms with Crippen LogP contribution in [0, 0.1) is 17.0 Å². The Morgan fingerprint density at radius 3 is 2.52 bits per heavy atom. The summed E-state index contributed by atoms with van der Waals surface area (Å²) in [6.45, 7) is 2.01. The number of nitro groups is 1. The number of benzene rings is 2. The maximum absolute atomic E-state index is 12.0. The molecule has 0 spiro atoms. The molecule has 1 amide bonds. The molecular weight excluding hydrogens is 296 g/mol. The average molecular weight is 314 g/mol. The van der Waals surface area contributed by atoms with Gasteiger partial charge in [0.15, 0.2) is 0 Å². The number of carbonyl (C=O) groups excluding carboxylic acids is 1. The van der Waals surface area contributed by atoms with Gasteiger partial charge in [0, 0.05) is 12.5 Å².